The Labute approximate surface area is 237 Å². The normalized spacial score (nSPS) is 13.2. The third-order valence-corrected chi connectivity index (χ3v) is 7.10. The van der Waals surface area contributed by atoms with E-state index in [0.717, 1.165) is 20.8 Å². The molecule has 4 aromatic rings. The highest BCUT2D eigenvalue weighted by Gasteiger charge is 2.34. The van der Waals surface area contributed by atoms with Crippen LogP contribution in [0.4, 0.5) is 11.4 Å². The molecule has 1 amide bonds. The summed E-state index contributed by atoms with van der Waals surface area (Å²) in [5.74, 6) is -0.926. The van der Waals surface area contributed by atoms with Crippen LogP contribution in [0.3, 0.4) is 0 Å². The van der Waals surface area contributed by atoms with Crippen molar-refractivity contribution < 1.29 is 27.5 Å². The van der Waals surface area contributed by atoms with Crippen molar-refractivity contribution in [3.63, 3.8) is 0 Å². The number of hydrogen-bond acceptors (Lipinski definition) is 6. The largest absolute Gasteiger partial charge is 0.755 e. The van der Waals surface area contributed by atoms with Gasteiger partial charge in [0.25, 0.3) is 5.91 Å². The molecule has 1 aromatic heterocycles. The van der Waals surface area contributed by atoms with Crippen molar-refractivity contribution in [3.8, 4) is 11.1 Å². The lowest BCUT2D eigenvalue weighted by Gasteiger charge is -2.36. The Bertz CT molecular complexity index is 1490. The summed E-state index contributed by atoms with van der Waals surface area (Å²) in [6, 6.07) is 22.5. The summed E-state index contributed by atoms with van der Waals surface area (Å²) in [6.07, 6.45) is 0. The Kier molecular flexibility index (Phi) is 8.46. The summed E-state index contributed by atoms with van der Waals surface area (Å²) < 4.78 is 36.8. The fourth-order valence-corrected chi connectivity index (χ4v) is 5.20. The van der Waals surface area contributed by atoms with Crippen LogP contribution in [0.2, 0.25) is 0 Å². The van der Waals surface area contributed by atoms with E-state index in [2.05, 4.69) is 0 Å². The Balaban J connectivity index is 1.53. The number of carbonyl (C=O) groups is 2. The van der Waals surface area contributed by atoms with Crippen molar-refractivity contribution in [2.75, 3.05) is 16.3 Å². The van der Waals surface area contributed by atoms with Gasteiger partial charge in [0, 0.05) is 35.1 Å². The quantitative estimate of drug-likeness (QED) is 0.184. The van der Waals surface area contributed by atoms with Crippen molar-refractivity contribution in [3.05, 3.63) is 84.6 Å². The smallest absolute Gasteiger partial charge is 0.330 e. The third kappa shape index (κ3) is 6.43. The number of ether oxygens (including phenoxy) is 1. The average Bonchev–Trinajstić information content (AvgIpc) is 3.34. The minimum Gasteiger partial charge on any atom is -0.755 e. The molecule has 1 heterocycles. The van der Waals surface area contributed by atoms with Crippen LogP contribution in [0.15, 0.2) is 83.3 Å². The summed E-state index contributed by atoms with van der Waals surface area (Å²) in [6.45, 7) is 8.79. The van der Waals surface area contributed by atoms with E-state index in [0.29, 0.717) is 17.0 Å². The topological polar surface area (TPSA) is 103 Å². The molecule has 0 N–H and O–H groups in total. The number of rotatable bonds is 8. The molecule has 0 radical (unpaired) electrons. The van der Waals surface area contributed by atoms with Crippen LogP contribution >= 0.6 is 0 Å². The Morgan fingerprint density at radius 2 is 1.45 bits per heavy atom. The second-order valence-electron chi connectivity index (χ2n) is 10.9. The highest BCUT2D eigenvalue weighted by molar-refractivity contribution is 7.80. The molecule has 8 nitrogen and oxygen atoms in total. The first-order valence-electron chi connectivity index (χ1n) is 12.9. The van der Waals surface area contributed by atoms with Crippen LogP contribution in [-0.2, 0) is 20.8 Å². The van der Waals surface area contributed by atoms with E-state index < -0.39 is 28.9 Å². The molecule has 4 rings (SSSR count). The van der Waals surface area contributed by atoms with Gasteiger partial charge in [-0.2, -0.15) is 0 Å². The first-order chi connectivity index (χ1) is 18.9. The number of benzene rings is 3. The maximum atomic E-state index is 13.0. The van der Waals surface area contributed by atoms with Crippen molar-refractivity contribution in [1.82, 2.24) is 0 Å². The van der Waals surface area contributed by atoms with Crippen LogP contribution in [0, 0.1) is 5.92 Å². The second-order valence-corrected chi connectivity index (χ2v) is 11.7. The van der Waals surface area contributed by atoms with Gasteiger partial charge in [-0.25, -0.2) is 4.79 Å². The SMILES string of the molecule is CC(C)C(C(=O)OC(C)(C)C)N(c1ccc(-c2ccc(N(C)C(=O)c3cc4ccccc4o3)cc2)cc1)S(=O)[O-]. The standard InChI is InChI=1S/C31H34N2O6S/c1-20(2)28(30(35)39-31(3,4)5)33(40(36)37)25-17-13-22(14-18-25)21-11-15-24(16-12-21)32(6)29(34)27-19-23-9-7-8-10-26(23)38-27/h7-20,28H,1-6H3,(H,36,37)/p-1. The highest BCUT2D eigenvalue weighted by atomic mass is 32.2. The van der Waals surface area contributed by atoms with Gasteiger partial charge in [-0.15, -0.1) is 0 Å². The van der Waals surface area contributed by atoms with E-state index in [1.54, 1.807) is 72.0 Å². The van der Waals surface area contributed by atoms with Crippen LogP contribution < -0.4 is 9.21 Å². The summed E-state index contributed by atoms with van der Waals surface area (Å²) in [5, 5.41) is 0.864. The Morgan fingerprint density at radius 3 is 1.95 bits per heavy atom. The fraction of sp³-hybridized carbons (Fsp3) is 0.290. The maximum Gasteiger partial charge on any atom is 0.330 e. The predicted molar refractivity (Wildman–Crippen MR) is 157 cm³/mol. The molecule has 0 aliphatic rings. The zero-order valence-electron chi connectivity index (χ0n) is 23.4. The molecule has 40 heavy (non-hydrogen) atoms. The van der Waals surface area contributed by atoms with Crippen molar-refractivity contribution in [1.29, 1.82) is 0 Å². The number of furan rings is 1. The number of carbonyl (C=O) groups excluding carboxylic acids is 2. The molecule has 0 bridgehead atoms. The number of anilines is 2. The van der Waals surface area contributed by atoms with E-state index in [4.69, 9.17) is 9.15 Å². The highest BCUT2D eigenvalue weighted by Crippen LogP contribution is 2.30. The van der Waals surface area contributed by atoms with Crippen LogP contribution in [0.5, 0.6) is 0 Å². The van der Waals surface area contributed by atoms with Crippen molar-refractivity contribution in [2.45, 2.75) is 46.3 Å². The predicted octanol–water partition coefficient (Wildman–Crippen LogP) is 6.34. The van der Waals surface area contributed by atoms with Gasteiger partial charge in [0.05, 0.1) is 0 Å². The van der Waals surface area contributed by atoms with Crippen LogP contribution in [-0.4, -0.2) is 39.3 Å². The molecule has 0 saturated heterocycles. The molecule has 0 spiro atoms. The Morgan fingerprint density at radius 1 is 0.900 bits per heavy atom. The third-order valence-electron chi connectivity index (χ3n) is 6.34. The molecular formula is C31H33N2O6S-. The first-order valence-corrected chi connectivity index (χ1v) is 14.0. The molecule has 2 unspecified atom stereocenters. The number of para-hydroxylation sites is 1. The van der Waals surface area contributed by atoms with E-state index in [-0.39, 0.29) is 17.6 Å². The monoisotopic (exact) mass is 561 g/mol. The number of hydrogen-bond donors (Lipinski definition) is 0. The van der Waals surface area contributed by atoms with E-state index >= 15 is 0 Å². The number of esters is 1. The summed E-state index contributed by atoms with van der Waals surface area (Å²) >= 11 is -2.70. The lowest BCUT2D eigenvalue weighted by atomic mass is 10.0. The summed E-state index contributed by atoms with van der Waals surface area (Å²) in [7, 11) is 1.69. The van der Waals surface area contributed by atoms with Gasteiger partial charge < -0.3 is 18.6 Å². The molecule has 0 aliphatic heterocycles. The molecule has 9 heteroatoms. The average molecular weight is 562 g/mol. The Hall–Kier alpha value is -3.95. The van der Waals surface area contributed by atoms with Crippen molar-refractivity contribution >= 4 is 45.5 Å². The molecular weight excluding hydrogens is 528 g/mol. The zero-order chi connectivity index (χ0) is 29.2. The molecule has 0 aliphatic carbocycles. The fourth-order valence-electron chi connectivity index (χ4n) is 4.39. The number of amides is 1. The maximum absolute atomic E-state index is 13.0. The van der Waals surface area contributed by atoms with Crippen molar-refractivity contribution in [2.24, 2.45) is 5.92 Å². The molecule has 210 valence electrons. The van der Waals surface area contributed by atoms with E-state index in [1.165, 1.54) is 4.90 Å². The number of nitrogens with zero attached hydrogens (tertiary/aromatic N) is 2. The van der Waals surface area contributed by atoms with Gasteiger partial charge in [-0.3, -0.25) is 13.3 Å². The molecule has 0 fully saturated rings. The molecule has 0 saturated carbocycles. The van der Waals surface area contributed by atoms with Crippen LogP contribution in [0.1, 0.15) is 45.2 Å². The van der Waals surface area contributed by atoms with Crippen LogP contribution in [0.25, 0.3) is 22.1 Å². The van der Waals surface area contributed by atoms with Gasteiger partial charge in [-0.05, 0) is 74.2 Å². The lowest BCUT2D eigenvalue weighted by Crippen LogP contribution is -2.48. The number of fused-ring (bicyclic) bond motifs is 1. The van der Waals surface area contributed by atoms with Gasteiger partial charge in [-0.1, -0.05) is 56.3 Å². The van der Waals surface area contributed by atoms with Gasteiger partial charge in [0.15, 0.2) is 5.76 Å². The molecule has 3 aromatic carbocycles. The minimum atomic E-state index is -2.70. The van der Waals surface area contributed by atoms with Gasteiger partial charge in [0.2, 0.25) is 0 Å². The zero-order valence-corrected chi connectivity index (χ0v) is 24.2. The second kappa shape index (κ2) is 11.7. The minimum absolute atomic E-state index is 0.259. The lowest BCUT2D eigenvalue weighted by molar-refractivity contribution is -0.157. The summed E-state index contributed by atoms with van der Waals surface area (Å²) in [4.78, 5) is 27.4. The van der Waals surface area contributed by atoms with E-state index in [1.807, 2.05) is 48.5 Å². The van der Waals surface area contributed by atoms with Gasteiger partial charge >= 0.3 is 5.97 Å². The summed E-state index contributed by atoms with van der Waals surface area (Å²) in [5.41, 5.74) is 2.67. The first kappa shape index (κ1) is 29.0. The van der Waals surface area contributed by atoms with Gasteiger partial charge in [0.1, 0.15) is 17.2 Å². The molecule has 2 atom stereocenters. The van der Waals surface area contributed by atoms with E-state index in [9.17, 15) is 18.4 Å².